The monoisotopic (exact) mass is 347 g/mol. The van der Waals surface area contributed by atoms with Crippen molar-refractivity contribution in [2.75, 3.05) is 0 Å². The normalized spacial score (nSPS) is 49.6. The zero-order chi connectivity index (χ0) is 11.3. The van der Waals surface area contributed by atoms with E-state index in [9.17, 15) is 9.59 Å². The first-order valence-corrected chi connectivity index (χ1v) is 7.29. The molecule has 3 aliphatic carbocycles. The first-order valence-electron chi connectivity index (χ1n) is 5.70. The Morgan fingerprint density at radius 3 is 2.31 bits per heavy atom. The maximum Gasteiger partial charge on any atom is 0.244 e. The van der Waals surface area contributed by atoms with E-state index in [-0.39, 0.29) is 23.1 Å². The maximum atomic E-state index is 12.0. The molecule has 5 heteroatoms. The summed E-state index contributed by atoms with van der Waals surface area (Å²) in [4.78, 5) is 23.9. The van der Waals surface area contributed by atoms with Crippen LogP contribution in [0.5, 0.6) is 0 Å². The third kappa shape index (κ3) is 0.648. The predicted octanol–water partition coefficient (Wildman–Crippen LogP) is 1.94. The van der Waals surface area contributed by atoms with Crippen molar-refractivity contribution in [3.8, 4) is 0 Å². The Morgan fingerprint density at radius 1 is 1.19 bits per heavy atom. The summed E-state index contributed by atoms with van der Waals surface area (Å²) >= 11 is 7.39. The third-order valence-electron chi connectivity index (χ3n) is 5.58. The van der Waals surface area contributed by atoms with Gasteiger partial charge in [-0.1, -0.05) is 31.9 Å². The molecule has 1 N–H and O–H groups in total. The molecule has 1 heterocycles. The molecule has 2 amide bonds. The summed E-state index contributed by atoms with van der Waals surface area (Å²) in [5, 5.41) is 2.40. The molecular weight excluding hydrogens is 338 g/mol. The Kier molecular flexibility index (Phi) is 1.53. The van der Waals surface area contributed by atoms with Gasteiger partial charge >= 0.3 is 0 Å². The summed E-state index contributed by atoms with van der Waals surface area (Å²) in [6.45, 7) is 0. The highest BCUT2D eigenvalue weighted by molar-refractivity contribution is 9.25. The van der Waals surface area contributed by atoms with Gasteiger partial charge in [0.05, 0.1) is 0 Å². The zero-order valence-electron chi connectivity index (χ0n) is 8.56. The van der Waals surface area contributed by atoms with Gasteiger partial charge in [-0.3, -0.25) is 14.9 Å². The number of fused-ring (bicyclic) bond motifs is 2. The molecule has 3 atom stereocenters. The molecule has 4 aliphatic rings. The van der Waals surface area contributed by atoms with Crippen molar-refractivity contribution in [3.05, 3.63) is 0 Å². The molecule has 1 saturated heterocycles. The van der Waals surface area contributed by atoms with Crippen LogP contribution in [0.1, 0.15) is 25.7 Å². The molecule has 0 radical (unpaired) electrons. The van der Waals surface area contributed by atoms with E-state index in [0.29, 0.717) is 5.92 Å². The fourth-order valence-corrected chi connectivity index (χ4v) is 7.43. The lowest BCUT2D eigenvalue weighted by Gasteiger charge is -2.60. The number of rotatable bonds is 0. The molecule has 4 rings (SSSR count). The standard InChI is InChI=1S/C11H11Br2NO2/c12-11(13)9-2-1-5(9)3-6(4-9)10(11)7(15)14-8(10)16/h5-6H,1-4H2,(H,14,15,16). The number of alkyl halides is 2. The number of halogens is 2. The number of β-lactam (4-membered cyclic amide) rings is 2. The lowest BCUT2D eigenvalue weighted by molar-refractivity contribution is -0.165. The van der Waals surface area contributed by atoms with Crippen LogP contribution in [0.4, 0.5) is 0 Å². The summed E-state index contributed by atoms with van der Waals surface area (Å²) in [6.07, 6.45) is 4.46. The average Bonchev–Trinajstić information content (AvgIpc) is 2.54. The van der Waals surface area contributed by atoms with Crippen LogP contribution in [0.2, 0.25) is 0 Å². The molecule has 0 aromatic heterocycles. The minimum atomic E-state index is -0.816. The summed E-state index contributed by atoms with van der Waals surface area (Å²) in [7, 11) is 0. The number of hydrogen-bond donors (Lipinski definition) is 1. The lowest BCUT2D eigenvalue weighted by Crippen LogP contribution is -2.75. The Bertz CT molecular complexity index is 433. The molecule has 3 unspecified atom stereocenters. The molecule has 0 aromatic carbocycles. The first-order chi connectivity index (χ1) is 7.47. The van der Waals surface area contributed by atoms with Crippen molar-refractivity contribution in [3.63, 3.8) is 0 Å². The number of amides is 2. The summed E-state index contributed by atoms with van der Waals surface area (Å²) in [5.41, 5.74) is -0.672. The smallest absolute Gasteiger partial charge is 0.244 e. The van der Waals surface area contributed by atoms with E-state index in [1.54, 1.807) is 0 Å². The van der Waals surface area contributed by atoms with E-state index in [1.807, 2.05) is 0 Å². The van der Waals surface area contributed by atoms with Gasteiger partial charge in [-0.25, -0.2) is 0 Å². The fraction of sp³-hybridized carbons (Fsp3) is 0.818. The number of carbonyl (C=O) groups excluding carboxylic acids is 2. The number of nitrogens with one attached hydrogen (secondary N) is 1. The lowest BCUT2D eigenvalue weighted by atomic mass is 9.53. The zero-order valence-corrected chi connectivity index (χ0v) is 11.7. The first kappa shape index (κ1) is 10.1. The van der Waals surface area contributed by atoms with Crippen molar-refractivity contribution < 1.29 is 9.59 Å². The fourth-order valence-electron chi connectivity index (χ4n) is 4.69. The van der Waals surface area contributed by atoms with Gasteiger partial charge in [-0.15, -0.1) is 0 Å². The van der Waals surface area contributed by atoms with E-state index >= 15 is 0 Å². The Morgan fingerprint density at radius 2 is 1.88 bits per heavy atom. The van der Waals surface area contributed by atoms with Crippen LogP contribution >= 0.6 is 31.9 Å². The quantitative estimate of drug-likeness (QED) is 0.413. The highest BCUT2D eigenvalue weighted by atomic mass is 79.9. The van der Waals surface area contributed by atoms with Gasteiger partial charge in [-0.2, -0.15) is 0 Å². The summed E-state index contributed by atoms with van der Waals surface area (Å²) in [6, 6.07) is 0. The van der Waals surface area contributed by atoms with Gasteiger partial charge < -0.3 is 0 Å². The van der Waals surface area contributed by atoms with Gasteiger partial charge in [-0.05, 0) is 37.5 Å². The largest absolute Gasteiger partial charge is 0.294 e. The third-order valence-corrected chi connectivity index (χ3v) is 8.41. The summed E-state index contributed by atoms with van der Waals surface area (Å²) < 4.78 is -0.495. The minimum Gasteiger partial charge on any atom is -0.294 e. The van der Waals surface area contributed by atoms with E-state index in [1.165, 1.54) is 6.42 Å². The molecule has 1 aliphatic heterocycles. The van der Waals surface area contributed by atoms with E-state index in [4.69, 9.17) is 0 Å². The molecule has 2 spiro atoms. The molecular formula is C11H11Br2NO2. The molecule has 16 heavy (non-hydrogen) atoms. The van der Waals surface area contributed by atoms with Crippen molar-refractivity contribution in [1.82, 2.24) is 5.32 Å². The Labute approximate surface area is 110 Å². The second-order valence-electron chi connectivity index (χ2n) is 5.69. The molecule has 86 valence electrons. The highest BCUT2D eigenvalue weighted by Crippen LogP contribution is 2.82. The van der Waals surface area contributed by atoms with Crippen LogP contribution in [0.15, 0.2) is 0 Å². The van der Waals surface area contributed by atoms with E-state index in [2.05, 4.69) is 37.2 Å². The Balaban J connectivity index is 1.93. The SMILES string of the molecule is O=C1NC(=O)C12C1CC3CCC3(C1)C2(Br)Br. The van der Waals surface area contributed by atoms with Crippen LogP contribution in [-0.4, -0.2) is 15.0 Å². The van der Waals surface area contributed by atoms with Crippen LogP contribution in [0.25, 0.3) is 0 Å². The highest BCUT2D eigenvalue weighted by Gasteiger charge is 2.85. The van der Waals surface area contributed by atoms with Crippen LogP contribution in [0.3, 0.4) is 0 Å². The number of carbonyl (C=O) groups is 2. The molecule has 0 aromatic rings. The van der Waals surface area contributed by atoms with Crippen LogP contribution in [0, 0.1) is 22.7 Å². The van der Waals surface area contributed by atoms with Gasteiger partial charge in [0.25, 0.3) is 0 Å². The average molecular weight is 349 g/mol. The number of imide groups is 1. The van der Waals surface area contributed by atoms with Gasteiger partial charge in [0, 0.05) is 5.41 Å². The predicted molar refractivity (Wildman–Crippen MR) is 64.0 cm³/mol. The molecule has 2 bridgehead atoms. The minimum absolute atomic E-state index is 0.0847. The maximum absolute atomic E-state index is 12.0. The molecule has 3 saturated carbocycles. The second-order valence-corrected chi connectivity index (χ2v) is 9.14. The van der Waals surface area contributed by atoms with Crippen LogP contribution in [-0.2, 0) is 9.59 Å². The Hall–Kier alpha value is 0.1000. The molecule has 4 fully saturated rings. The topological polar surface area (TPSA) is 46.2 Å². The second kappa shape index (κ2) is 2.44. The summed E-state index contributed by atoms with van der Waals surface area (Å²) in [5.74, 6) is 0.764. The number of hydrogen-bond acceptors (Lipinski definition) is 2. The van der Waals surface area contributed by atoms with E-state index < -0.39 is 8.65 Å². The van der Waals surface area contributed by atoms with Gasteiger partial charge in [0.2, 0.25) is 11.8 Å². The van der Waals surface area contributed by atoms with Gasteiger partial charge in [0.15, 0.2) is 5.41 Å². The van der Waals surface area contributed by atoms with E-state index in [0.717, 1.165) is 19.3 Å². The van der Waals surface area contributed by atoms with Crippen molar-refractivity contribution in [1.29, 1.82) is 0 Å². The van der Waals surface area contributed by atoms with Crippen molar-refractivity contribution >= 4 is 43.7 Å². The van der Waals surface area contributed by atoms with Crippen molar-refractivity contribution in [2.24, 2.45) is 22.7 Å². The molecule has 3 nitrogen and oxygen atoms in total. The van der Waals surface area contributed by atoms with Crippen molar-refractivity contribution in [2.45, 2.75) is 28.9 Å². The van der Waals surface area contributed by atoms with Crippen LogP contribution < -0.4 is 5.32 Å². The van der Waals surface area contributed by atoms with Gasteiger partial charge in [0.1, 0.15) is 3.23 Å².